The summed E-state index contributed by atoms with van der Waals surface area (Å²) >= 11 is 1.63. The van der Waals surface area contributed by atoms with Crippen molar-refractivity contribution in [3.05, 3.63) is 69.4 Å². The first-order valence-electron chi connectivity index (χ1n) is 7.51. The minimum Gasteiger partial charge on any atom is -0.399 e. The molecule has 0 bridgehead atoms. The molecule has 6 N–H and O–H groups in total. The molecule has 1 unspecified atom stereocenters. The molecule has 0 aliphatic heterocycles. The van der Waals surface area contributed by atoms with Crippen LogP contribution in [0.5, 0.6) is 0 Å². The number of rotatable bonds is 3. The van der Waals surface area contributed by atoms with Gasteiger partial charge in [0.1, 0.15) is 0 Å². The second-order valence-electron chi connectivity index (χ2n) is 5.99. The molecule has 3 nitrogen and oxygen atoms in total. The number of hydrogen-bond acceptors (Lipinski definition) is 4. The fourth-order valence-electron chi connectivity index (χ4n) is 2.94. The summed E-state index contributed by atoms with van der Waals surface area (Å²) in [6, 6.07) is 11.8. The quantitative estimate of drug-likeness (QED) is 0.631. The van der Waals surface area contributed by atoms with E-state index in [4.69, 9.17) is 17.2 Å². The first-order valence-corrected chi connectivity index (χ1v) is 8.45. The molecule has 118 valence electrons. The molecule has 0 fully saturated rings. The molecular weight excluding hydrogens is 302 g/mol. The minimum atomic E-state index is -0.185. The van der Waals surface area contributed by atoms with Crippen LogP contribution in [-0.2, 0) is 0 Å². The SMILES string of the molecule is Cc1cc(C)cc(C(N)c2cscc2-c2cc(N)ccc2N)c1. The molecule has 3 rings (SSSR count). The zero-order chi connectivity index (χ0) is 16.6. The zero-order valence-corrected chi connectivity index (χ0v) is 14.2. The van der Waals surface area contributed by atoms with Gasteiger partial charge in [-0.2, -0.15) is 11.3 Å². The lowest BCUT2D eigenvalue weighted by molar-refractivity contribution is 0.875. The monoisotopic (exact) mass is 323 g/mol. The summed E-state index contributed by atoms with van der Waals surface area (Å²) in [7, 11) is 0. The smallest absolute Gasteiger partial charge is 0.0566 e. The summed E-state index contributed by atoms with van der Waals surface area (Å²) in [4.78, 5) is 0. The molecule has 0 aliphatic rings. The third kappa shape index (κ3) is 3.09. The predicted octanol–water partition coefficient (Wildman–Crippen LogP) is 4.24. The highest BCUT2D eigenvalue weighted by molar-refractivity contribution is 7.08. The lowest BCUT2D eigenvalue weighted by atomic mass is 9.92. The van der Waals surface area contributed by atoms with E-state index >= 15 is 0 Å². The maximum absolute atomic E-state index is 6.56. The molecule has 1 heterocycles. The standard InChI is InChI=1S/C19H21N3S/c1-11-5-12(2)7-13(6-11)19(22)17-10-23-9-16(17)15-8-14(20)3-4-18(15)21/h3-10,19H,20-22H2,1-2H3. The van der Waals surface area contributed by atoms with E-state index in [1.807, 2.05) is 18.2 Å². The molecule has 0 saturated heterocycles. The Labute approximate surface area is 140 Å². The maximum Gasteiger partial charge on any atom is 0.0566 e. The van der Waals surface area contributed by atoms with Crippen molar-refractivity contribution >= 4 is 22.7 Å². The molecular formula is C19H21N3S. The Balaban J connectivity index is 2.08. The van der Waals surface area contributed by atoms with Gasteiger partial charge in [0.2, 0.25) is 0 Å². The van der Waals surface area contributed by atoms with Crippen LogP contribution in [0.15, 0.2) is 47.2 Å². The van der Waals surface area contributed by atoms with E-state index in [0.717, 1.165) is 22.3 Å². The maximum atomic E-state index is 6.56. The Bertz CT molecular complexity index is 831. The van der Waals surface area contributed by atoms with Crippen LogP contribution in [0.3, 0.4) is 0 Å². The lowest BCUT2D eigenvalue weighted by Gasteiger charge is -2.16. The summed E-state index contributed by atoms with van der Waals surface area (Å²) in [5.74, 6) is 0. The molecule has 0 spiro atoms. The van der Waals surface area contributed by atoms with Gasteiger partial charge in [-0.25, -0.2) is 0 Å². The fraction of sp³-hybridized carbons (Fsp3) is 0.158. The lowest BCUT2D eigenvalue weighted by Crippen LogP contribution is -2.12. The molecule has 1 aromatic heterocycles. The van der Waals surface area contributed by atoms with Crippen LogP contribution in [0.25, 0.3) is 11.1 Å². The van der Waals surface area contributed by atoms with E-state index in [1.165, 1.54) is 11.1 Å². The molecule has 4 heteroatoms. The van der Waals surface area contributed by atoms with Gasteiger partial charge in [-0.1, -0.05) is 29.3 Å². The largest absolute Gasteiger partial charge is 0.399 e. The summed E-state index contributed by atoms with van der Waals surface area (Å²) in [6.45, 7) is 4.18. The number of aryl methyl sites for hydroxylation is 2. The number of benzene rings is 2. The molecule has 3 aromatic rings. The highest BCUT2D eigenvalue weighted by Crippen LogP contribution is 2.37. The van der Waals surface area contributed by atoms with Gasteiger partial charge in [-0.3, -0.25) is 0 Å². The van der Waals surface area contributed by atoms with Crippen molar-refractivity contribution in [3.8, 4) is 11.1 Å². The highest BCUT2D eigenvalue weighted by atomic mass is 32.1. The van der Waals surface area contributed by atoms with Crippen LogP contribution in [0.4, 0.5) is 11.4 Å². The minimum absolute atomic E-state index is 0.185. The van der Waals surface area contributed by atoms with E-state index in [0.29, 0.717) is 11.4 Å². The average Bonchev–Trinajstić information content (AvgIpc) is 2.97. The summed E-state index contributed by atoms with van der Waals surface area (Å²) in [6.07, 6.45) is 0. The molecule has 1 atom stereocenters. The second-order valence-corrected chi connectivity index (χ2v) is 6.73. The number of thiophene rings is 1. The van der Waals surface area contributed by atoms with Crippen LogP contribution in [0.1, 0.15) is 28.3 Å². The van der Waals surface area contributed by atoms with E-state index < -0.39 is 0 Å². The van der Waals surface area contributed by atoms with Gasteiger partial charge in [0, 0.05) is 16.9 Å². The van der Waals surface area contributed by atoms with Crippen molar-refractivity contribution in [1.29, 1.82) is 0 Å². The third-order valence-electron chi connectivity index (χ3n) is 4.00. The van der Waals surface area contributed by atoms with Crippen molar-refractivity contribution in [2.75, 3.05) is 11.5 Å². The van der Waals surface area contributed by atoms with E-state index in [2.05, 4.69) is 42.8 Å². The van der Waals surface area contributed by atoms with Crippen LogP contribution in [-0.4, -0.2) is 0 Å². The van der Waals surface area contributed by atoms with Crippen LogP contribution >= 0.6 is 11.3 Å². The number of anilines is 2. The summed E-state index contributed by atoms with van der Waals surface area (Å²) in [5.41, 5.74) is 26.7. The predicted molar refractivity (Wildman–Crippen MR) is 101 cm³/mol. The second kappa shape index (κ2) is 6.07. The van der Waals surface area contributed by atoms with Crippen LogP contribution in [0, 0.1) is 13.8 Å². The first-order chi connectivity index (χ1) is 11.0. The van der Waals surface area contributed by atoms with E-state index in [9.17, 15) is 0 Å². The molecule has 2 aromatic carbocycles. The van der Waals surface area contributed by atoms with Gasteiger partial charge in [0.25, 0.3) is 0 Å². The molecule has 0 saturated carbocycles. The molecule has 0 aliphatic carbocycles. The summed E-state index contributed by atoms with van der Waals surface area (Å²) in [5, 5.41) is 4.18. The first kappa shape index (κ1) is 15.6. The Hall–Kier alpha value is -2.30. The van der Waals surface area contributed by atoms with Gasteiger partial charge in [-0.05, 0) is 59.5 Å². The van der Waals surface area contributed by atoms with Gasteiger partial charge in [0.15, 0.2) is 0 Å². The van der Waals surface area contributed by atoms with Crippen molar-refractivity contribution in [1.82, 2.24) is 0 Å². The highest BCUT2D eigenvalue weighted by Gasteiger charge is 2.17. The molecule has 0 amide bonds. The zero-order valence-electron chi connectivity index (χ0n) is 13.3. The fourth-order valence-corrected chi connectivity index (χ4v) is 3.83. The van der Waals surface area contributed by atoms with Gasteiger partial charge >= 0.3 is 0 Å². The van der Waals surface area contributed by atoms with Gasteiger partial charge in [0.05, 0.1) is 6.04 Å². The summed E-state index contributed by atoms with van der Waals surface area (Å²) < 4.78 is 0. The third-order valence-corrected chi connectivity index (χ3v) is 4.76. The Morgan fingerprint density at radius 2 is 1.57 bits per heavy atom. The Morgan fingerprint density at radius 3 is 2.26 bits per heavy atom. The topological polar surface area (TPSA) is 78.1 Å². The Kier molecular flexibility index (Phi) is 4.11. The number of hydrogen-bond donors (Lipinski definition) is 3. The average molecular weight is 323 g/mol. The molecule has 0 radical (unpaired) electrons. The number of nitrogen functional groups attached to an aromatic ring is 2. The van der Waals surface area contributed by atoms with E-state index in [-0.39, 0.29) is 6.04 Å². The van der Waals surface area contributed by atoms with Crippen LogP contribution in [0.2, 0.25) is 0 Å². The van der Waals surface area contributed by atoms with E-state index in [1.54, 1.807) is 11.3 Å². The normalized spacial score (nSPS) is 12.3. The van der Waals surface area contributed by atoms with Gasteiger partial charge < -0.3 is 17.2 Å². The van der Waals surface area contributed by atoms with Crippen molar-refractivity contribution in [2.45, 2.75) is 19.9 Å². The van der Waals surface area contributed by atoms with Crippen molar-refractivity contribution in [2.24, 2.45) is 5.73 Å². The van der Waals surface area contributed by atoms with Gasteiger partial charge in [-0.15, -0.1) is 0 Å². The van der Waals surface area contributed by atoms with Crippen molar-refractivity contribution < 1.29 is 0 Å². The van der Waals surface area contributed by atoms with Crippen molar-refractivity contribution in [3.63, 3.8) is 0 Å². The Morgan fingerprint density at radius 1 is 0.870 bits per heavy atom. The van der Waals surface area contributed by atoms with Crippen LogP contribution < -0.4 is 17.2 Å². The number of nitrogens with two attached hydrogens (primary N) is 3. The molecule has 23 heavy (non-hydrogen) atoms.